The van der Waals surface area contributed by atoms with Crippen LogP contribution in [0.1, 0.15) is 25.8 Å². The van der Waals surface area contributed by atoms with Crippen LogP contribution in [0, 0.1) is 0 Å². The number of esters is 2. The van der Waals surface area contributed by atoms with Crippen LogP contribution < -0.4 is 22.9 Å². The Labute approximate surface area is 142 Å². The van der Waals surface area contributed by atoms with Gasteiger partial charge in [-0.05, 0) is 31.5 Å². The lowest BCUT2D eigenvalue weighted by Gasteiger charge is -2.28. The number of quaternary nitrogens is 1. The molecule has 1 aromatic rings. The Morgan fingerprint density at radius 1 is 1.04 bits per heavy atom. The van der Waals surface area contributed by atoms with E-state index in [0.717, 1.165) is 0 Å². The molecule has 130 valence electrons. The predicted octanol–water partition coefficient (Wildman–Crippen LogP) is -2.30. The Morgan fingerprint density at radius 2 is 1.52 bits per heavy atom. The lowest BCUT2D eigenvalue weighted by atomic mass is 9.77. The number of ether oxygens (including phenoxy) is 3. The van der Waals surface area contributed by atoms with Crippen molar-refractivity contribution < 1.29 is 41.9 Å². The Balaban J connectivity index is 0.00000484. The molecule has 0 saturated carbocycles. The van der Waals surface area contributed by atoms with Gasteiger partial charge in [-0.25, -0.2) is 0 Å². The first kappa shape index (κ1) is 21.2. The van der Waals surface area contributed by atoms with E-state index in [-0.39, 0.29) is 32.0 Å². The van der Waals surface area contributed by atoms with E-state index in [9.17, 15) is 9.59 Å². The fourth-order valence-electron chi connectivity index (χ4n) is 2.32. The van der Waals surface area contributed by atoms with Gasteiger partial charge in [0.1, 0.15) is 5.75 Å². The molecule has 1 aromatic carbocycles. The number of benzene rings is 1. The zero-order chi connectivity index (χ0) is 16.6. The van der Waals surface area contributed by atoms with Crippen LogP contribution in [0.3, 0.4) is 0 Å². The summed E-state index contributed by atoms with van der Waals surface area (Å²) in [6, 6.07) is 6.77. The molecule has 3 N–H and O–H groups in total. The molecule has 0 heterocycles. The summed E-state index contributed by atoms with van der Waals surface area (Å²) in [5.41, 5.74) is 2.81. The van der Waals surface area contributed by atoms with Gasteiger partial charge in [-0.3, -0.25) is 9.59 Å². The van der Waals surface area contributed by atoms with E-state index in [2.05, 4.69) is 5.73 Å². The third-order valence-electron chi connectivity index (χ3n) is 3.38. The maximum atomic E-state index is 12.5. The van der Waals surface area contributed by atoms with Crippen LogP contribution in [0.4, 0.5) is 0 Å². The van der Waals surface area contributed by atoms with E-state index in [1.54, 1.807) is 45.2 Å². The maximum Gasteiger partial charge on any atom is 0.328 e. The van der Waals surface area contributed by atoms with Crippen molar-refractivity contribution >= 4 is 11.9 Å². The lowest BCUT2D eigenvalue weighted by molar-refractivity contribution is -0.370. The summed E-state index contributed by atoms with van der Waals surface area (Å²) in [7, 11) is 1.55. The summed E-state index contributed by atoms with van der Waals surface area (Å²) in [6.45, 7) is 4.17. The maximum absolute atomic E-state index is 12.5. The second kappa shape index (κ2) is 10.1. The van der Waals surface area contributed by atoms with E-state index in [1.165, 1.54) is 0 Å². The summed E-state index contributed by atoms with van der Waals surface area (Å²) in [4.78, 5) is 25.1. The van der Waals surface area contributed by atoms with Crippen LogP contribution in [0.25, 0.3) is 0 Å². The van der Waals surface area contributed by atoms with E-state index in [0.29, 0.717) is 17.9 Å². The van der Waals surface area contributed by atoms with Crippen molar-refractivity contribution in [2.45, 2.75) is 25.7 Å². The smallest absolute Gasteiger partial charge is 0.328 e. The highest BCUT2D eigenvalue weighted by atomic mass is 35.5. The Bertz CT molecular complexity index is 486. The number of hydrogen-bond acceptors (Lipinski definition) is 5. The molecule has 0 atom stereocenters. The van der Waals surface area contributed by atoms with Gasteiger partial charge in [-0.15, -0.1) is 0 Å². The highest BCUT2D eigenvalue weighted by Crippen LogP contribution is 2.32. The van der Waals surface area contributed by atoms with Crippen molar-refractivity contribution in [3.8, 4) is 5.75 Å². The molecule has 0 unspecified atom stereocenters. The molecular weight excluding hydrogens is 322 g/mol. The highest BCUT2D eigenvalue weighted by Gasteiger charge is 2.50. The first-order valence-electron chi connectivity index (χ1n) is 7.35. The van der Waals surface area contributed by atoms with E-state index >= 15 is 0 Å². The van der Waals surface area contributed by atoms with Gasteiger partial charge < -0.3 is 32.4 Å². The standard InChI is InChI=1S/C16H23NO5.ClH/c1-4-21-14(18)16(10-11-17,15(19)22-5-2)12-6-8-13(20-3)9-7-12;/h6-9H,4-5,10-11,17H2,1-3H3;1H. The van der Waals surface area contributed by atoms with Gasteiger partial charge in [-0.1, -0.05) is 12.1 Å². The number of carbonyl (C=O) groups excluding carboxylic acids is 2. The molecule has 0 aliphatic heterocycles. The van der Waals surface area contributed by atoms with Crippen LogP contribution in [0.15, 0.2) is 24.3 Å². The molecule has 0 aliphatic rings. The molecule has 0 saturated heterocycles. The van der Waals surface area contributed by atoms with Crippen molar-refractivity contribution in [3.63, 3.8) is 0 Å². The third-order valence-corrected chi connectivity index (χ3v) is 3.38. The molecule has 0 spiro atoms. The molecular formula is C16H24ClNO5. The predicted molar refractivity (Wildman–Crippen MR) is 80.3 cm³/mol. The molecule has 0 bridgehead atoms. The fourth-order valence-corrected chi connectivity index (χ4v) is 2.32. The van der Waals surface area contributed by atoms with Gasteiger partial charge in [-0.2, -0.15) is 0 Å². The van der Waals surface area contributed by atoms with Crippen LogP contribution in [0.5, 0.6) is 5.75 Å². The summed E-state index contributed by atoms with van der Waals surface area (Å²) >= 11 is 0. The van der Waals surface area contributed by atoms with Gasteiger partial charge in [0.05, 0.1) is 26.9 Å². The Hall–Kier alpha value is -1.79. The SMILES string of the molecule is CCOC(=O)C(CC[NH3+])(C(=O)OCC)c1ccc(OC)cc1.[Cl-]. The average Bonchev–Trinajstić information content (AvgIpc) is 2.53. The molecule has 0 radical (unpaired) electrons. The Kier molecular flexibility index (Phi) is 9.29. The molecule has 0 amide bonds. The zero-order valence-electron chi connectivity index (χ0n) is 13.8. The van der Waals surface area contributed by atoms with Crippen molar-refractivity contribution in [2.24, 2.45) is 0 Å². The van der Waals surface area contributed by atoms with E-state index in [1.807, 2.05) is 0 Å². The largest absolute Gasteiger partial charge is 1.00 e. The second-order valence-electron chi connectivity index (χ2n) is 4.68. The summed E-state index contributed by atoms with van der Waals surface area (Å²) < 4.78 is 15.4. The summed E-state index contributed by atoms with van der Waals surface area (Å²) in [6.07, 6.45) is 0.219. The van der Waals surface area contributed by atoms with Crippen molar-refractivity contribution in [2.75, 3.05) is 26.9 Å². The number of hydrogen-bond donors (Lipinski definition) is 1. The highest BCUT2D eigenvalue weighted by molar-refractivity contribution is 6.06. The number of rotatable bonds is 8. The van der Waals surface area contributed by atoms with Crippen molar-refractivity contribution in [1.29, 1.82) is 0 Å². The zero-order valence-corrected chi connectivity index (χ0v) is 14.5. The summed E-state index contributed by atoms with van der Waals surface area (Å²) in [5, 5.41) is 0. The Morgan fingerprint density at radius 3 is 1.87 bits per heavy atom. The average molecular weight is 346 g/mol. The van der Waals surface area contributed by atoms with E-state index < -0.39 is 17.4 Å². The van der Waals surface area contributed by atoms with Crippen molar-refractivity contribution in [1.82, 2.24) is 0 Å². The molecule has 0 fully saturated rings. The van der Waals surface area contributed by atoms with Gasteiger partial charge >= 0.3 is 11.9 Å². The van der Waals surface area contributed by atoms with Crippen molar-refractivity contribution in [3.05, 3.63) is 29.8 Å². The molecule has 1 rings (SSSR count). The first-order valence-corrected chi connectivity index (χ1v) is 7.35. The quantitative estimate of drug-likeness (QED) is 0.422. The van der Waals surface area contributed by atoms with Crippen LogP contribution in [0.2, 0.25) is 0 Å². The lowest BCUT2D eigenvalue weighted by Crippen LogP contribution is -3.00. The van der Waals surface area contributed by atoms with Gasteiger partial charge in [0.2, 0.25) is 0 Å². The molecule has 0 aliphatic carbocycles. The molecule has 7 heteroatoms. The number of carbonyl (C=O) groups is 2. The summed E-state index contributed by atoms with van der Waals surface area (Å²) in [5.74, 6) is -0.579. The molecule has 23 heavy (non-hydrogen) atoms. The van der Waals surface area contributed by atoms with E-state index in [4.69, 9.17) is 14.2 Å². The van der Waals surface area contributed by atoms with Gasteiger partial charge in [0, 0.05) is 6.42 Å². The van der Waals surface area contributed by atoms with Crippen LogP contribution in [-0.4, -0.2) is 38.8 Å². The number of halogens is 1. The molecule has 6 nitrogen and oxygen atoms in total. The number of methoxy groups -OCH3 is 1. The second-order valence-corrected chi connectivity index (χ2v) is 4.68. The minimum absolute atomic E-state index is 0. The normalized spacial score (nSPS) is 10.4. The molecule has 0 aromatic heterocycles. The monoisotopic (exact) mass is 345 g/mol. The third kappa shape index (κ3) is 4.59. The van der Waals surface area contributed by atoms with Gasteiger partial charge in [0.25, 0.3) is 0 Å². The van der Waals surface area contributed by atoms with Crippen LogP contribution in [-0.2, 0) is 24.5 Å². The van der Waals surface area contributed by atoms with Gasteiger partial charge in [0.15, 0.2) is 5.41 Å². The minimum atomic E-state index is -1.49. The first-order chi connectivity index (χ1) is 10.6. The van der Waals surface area contributed by atoms with Crippen LogP contribution >= 0.6 is 0 Å². The minimum Gasteiger partial charge on any atom is -1.00 e. The fraction of sp³-hybridized carbons (Fsp3) is 0.500. The topological polar surface area (TPSA) is 89.5 Å².